The molecule has 1 aliphatic heterocycles. The van der Waals surface area contributed by atoms with Crippen molar-refractivity contribution in [2.75, 3.05) is 6.73 Å². The maximum Gasteiger partial charge on any atom is 0.311 e. The average Bonchev–Trinajstić information content (AvgIpc) is 2.74. The zero-order valence-corrected chi connectivity index (χ0v) is 16.4. The van der Waals surface area contributed by atoms with Gasteiger partial charge in [0.25, 0.3) is 5.91 Å². The summed E-state index contributed by atoms with van der Waals surface area (Å²) in [5, 5.41) is 7.94. The number of carbonyl (C=O) groups is 4. The Kier molecular flexibility index (Phi) is 7.29. The first-order chi connectivity index (χ1) is 14.5. The van der Waals surface area contributed by atoms with Crippen molar-refractivity contribution in [3.05, 3.63) is 71.3 Å². The molecule has 1 fully saturated rings. The van der Waals surface area contributed by atoms with Gasteiger partial charge in [-0.05, 0) is 23.6 Å². The summed E-state index contributed by atoms with van der Waals surface area (Å²) in [4.78, 5) is 47.5. The smallest absolute Gasteiger partial charge is 0.311 e. The summed E-state index contributed by atoms with van der Waals surface area (Å²) in [6, 6.07) is 15.6. The maximum absolute atomic E-state index is 12.5. The van der Waals surface area contributed by atoms with Crippen LogP contribution in [0.25, 0.3) is 0 Å². The van der Waals surface area contributed by atoms with Crippen molar-refractivity contribution in [2.24, 2.45) is 0 Å². The van der Waals surface area contributed by atoms with Crippen molar-refractivity contribution in [3.63, 3.8) is 0 Å². The van der Waals surface area contributed by atoms with Crippen LogP contribution in [0.4, 0.5) is 0 Å². The van der Waals surface area contributed by atoms with Crippen molar-refractivity contribution < 1.29 is 23.9 Å². The number of carbonyl (C=O) groups excluding carboxylic acids is 4. The van der Waals surface area contributed by atoms with Crippen LogP contribution in [-0.4, -0.2) is 36.5 Å². The quantitative estimate of drug-likeness (QED) is 0.341. The number of imide groups is 1. The molecule has 3 amide bonds. The van der Waals surface area contributed by atoms with E-state index in [1.165, 1.54) is 0 Å². The summed E-state index contributed by atoms with van der Waals surface area (Å²) >= 11 is 0. The Hall–Kier alpha value is -3.52. The van der Waals surface area contributed by atoms with E-state index in [2.05, 4.69) is 16.0 Å². The molecule has 2 aromatic carbocycles. The second kappa shape index (κ2) is 10.3. The summed E-state index contributed by atoms with van der Waals surface area (Å²) in [6.45, 7) is 0.0447. The third-order valence-corrected chi connectivity index (χ3v) is 4.70. The summed E-state index contributed by atoms with van der Waals surface area (Å²) < 4.78 is 5.09. The number of benzene rings is 2. The van der Waals surface area contributed by atoms with Crippen LogP contribution in [-0.2, 0) is 32.1 Å². The summed E-state index contributed by atoms with van der Waals surface area (Å²) in [5.74, 6) is -1.46. The van der Waals surface area contributed by atoms with Crippen LogP contribution in [0.15, 0.2) is 54.6 Å². The highest BCUT2D eigenvalue weighted by molar-refractivity contribution is 6.00. The van der Waals surface area contributed by atoms with Crippen molar-refractivity contribution in [1.82, 2.24) is 16.0 Å². The van der Waals surface area contributed by atoms with E-state index >= 15 is 0 Å². The molecule has 0 spiro atoms. The Labute approximate surface area is 174 Å². The van der Waals surface area contributed by atoms with Crippen LogP contribution in [0.2, 0.25) is 0 Å². The number of ether oxygens (including phenoxy) is 1. The van der Waals surface area contributed by atoms with Gasteiger partial charge in [-0.15, -0.1) is 0 Å². The molecule has 1 atom stereocenters. The lowest BCUT2D eigenvalue weighted by Gasteiger charge is -2.22. The number of amides is 3. The van der Waals surface area contributed by atoms with Gasteiger partial charge in [0.05, 0.1) is 12.5 Å². The first-order valence-corrected chi connectivity index (χ1v) is 9.65. The van der Waals surface area contributed by atoms with Crippen LogP contribution < -0.4 is 16.0 Å². The molecule has 8 nitrogen and oxygen atoms in total. The van der Waals surface area contributed by atoms with Crippen LogP contribution in [0, 0.1) is 0 Å². The third kappa shape index (κ3) is 5.99. The highest BCUT2D eigenvalue weighted by Gasteiger charge is 2.26. The van der Waals surface area contributed by atoms with Crippen LogP contribution in [0.5, 0.6) is 0 Å². The van der Waals surface area contributed by atoms with Gasteiger partial charge in [0, 0.05) is 18.5 Å². The fraction of sp³-hybridized carbons (Fsp3) is 0.273. The second-order valence-electron chi connectivity index (χ2n) is 6.87. The molecule has 0 radical (unpaired) electrons. The molecule has 30 heavy (non-hydrogen) atoms. The first-order valence-electron chi connectivity index (χ1n) is 9.65. The lowest BCUT2D eigenvalue weighted by molar-refractivity contribution is -0.143. The van der Waals surface area contributed by atoms with Gasteiger partial charge in [0.2, 0.25) is 11.8 Å². The number of rotatable bonds is 8. The minimum Gasteiger partial charge on any atom is -0.444 e. The van der Waals surface area contributed by atoms with Gasteiger partial charge in [0.15, 0.2) is 6.73 Å². The number of nitrogens with one attached hydrogen (secondary N) is 3. The van der Waals surface area contributed by atoms with E-state index in [0.717, 1.165) is 5.56 Å². The zero-order chi connectivity index (χ0) is 21.3. The minimum atomic E-state index is -0.488. The molecular formula is C22H23N3O5. The monoisotopic (exact) mass is 409 g/mol. The van der Waals surface area contributed by atoms with Gasteiger partial charge in [-0.3, -0.25) is 24.5 Å². The predicted molar refractivity (Wildman–Crippen MR) is 108 cm³/mol. The van der Waals surface area contributed by atoms with Gasteiger partial charge < -0.3 is 15.4 Å². The molecule has 0 bridgehead atoms. The van der Waals surface area contributed by atoms with E-state index in [9.17, 15) is 19.2 Å². The van der Waals surface area contributed by atoms with E-state index in [-0.39, 0.29) is 43.8 Å². The Morgan fingerprint density at radius 3 is 2.53 bits per heavy atom. The lowest BCUT2D eigenvalue weighted by Crippen LogP contribution is -2.50. The van der Waals surface area contributed by atoms with Crippen molar-refractivity contribution in [1.29, 1.82) is 0 Å². The normalized spacial score (nSPS) is 15.9. The van der Waals surface area contributed by atoms with E-state index in [0.29, 0.717) is 17.5 Å². The van der Waals surface area contributed by atoms with Crippen molar-refractivity contribution >= 4 is 23.7 Å². The van der Waals surface area contributed by atoms with Gasteiger partial charge >= 0.3 is 5.97 Å². The van der Waals surface area contributed by atoms with Gasteiger partial charge in [0.1, 0.15) is 0 Å². The van der Waals surface area contributed by atoms with E-state index in [1.54, 1.807) is 24.3 Å². The topological polar surface area (TPSA) is 114 Å². The molecule has 2 aromatic rings. The largest absolute Gasteiger partial charge is 0.444 e. The summed E-state index contributed by atoms with van der Waals surface area (Å²) in [6.07, 6.45) is 0.819. The molecule has 156 valence electrons. The fourth-order valence-corrected chi connectivity index (χ4v) is 3.11. The van der Waals surface area contributed by atoms with Crippen LogP contribution >= 0.6 is 0 Å². The Bertz CT molecular complexity index is 929. The molecule has 1 saturated heterocycles. The molecule has 3 rings (SSSR count). The van der Waals surface area contributed by atoms with Crippen LogP contribution in [0.3, 0.4) is 0 Å². The zero-order valence-electron chi connectivity index (χ0n) is 16.4. The molecule has 8 heteroatoms. The highest BCUT2D eigenvalue weighted by atomic mass is 16.5. The predicted octanol–water partition coefficient (Wildman–Crippen LogP) is 1.05. The average molecular weight is 409 g/mol. The third-order valence-electron chi connectivity index (χ3n) is 4.70. The summed E-state index contributed by atoms with van der Waals surface area (Å²) in [5.41, 5.74) is 1.94. The number of hydrogen-bond acceptors (Lipinski definition) is 6. The number of hydrogen-bond donors (Lipinski definition) is 3. The maximum atomic E-state index is 12.5. The molecule has 1 aliphatic rings. The lowest BCUT2D eigenvalue weighted by atomic mass is 10.0. The standard InChI is InChI=1S/C22H23N3O5/c26-19-11-10-18(22(29)25-19)23-13-16-8-4-5-9-17(16)21(28)24-14-30-20(27)12-15-6-2-1-3-7-15/h1-9,18,23H,10-14H2,(H,24,28)(H,25,26,29). The molecular weight excluding hydrogens is 386 g/mol. The van der Waals surface area contributed by atoms with Crippen molar-refractivity contribution in [3.8, 4) is 0 Å². The van der Waals surface area contributed by atoms with Crippen LogP contribution in [0.1, 0.15) is 34.3 Å². The van der Waals surface area contributed by atoms with E-state index in [4.69, 9.17) is 4.74 Å². The van der Waals surface area contributed by atoms with Gasteiger partial charge in [-0.25, -0.2) is 0 Å². The summed E-state index contributed by atoms with van der Waals surface area (Å²) in [7, 11) is 0. The molecule has 1 heterocycles. The van der Waals surface area contributed by atoms with Gasteiger partial charge in [-0.2, -0.15) is 0 Å². The molecule has 0 aliphatic carbocycles. The van der Waals surface area contributed by atoms with Gasteiger partial charge in [-0.1, -0.05) is 48.5 Å². The number of piperidine rings is 1. The Morgan fingerprint density at radius 1 is 1.03 bits per heavy atom. The van der Waals surface area contributed by atoms with Crippen molar-refractivity contribution in [2.45, 2.75) is 31.8 Å². The molecule has 0 aromatic heterocycles. The second-order valence-corrected chi connectivity index (χ2v) is 6.87. The highest BCUT2D eigenvalue weighted by Crippen LogP contribution is 2.11. The minimum absolute atomic E-state index is 0.128. The molecule has 3 N–H and O–H groups in total. The molecule has 1 unspecified atom stereocenters. The molecule has 0 saturated carbocycles. The van der Waals surface area contributed by atoms with E-state index in [1.807, 2.05) is 30.3 Å². The number of esters is 1. The fourth-order valence-electron chi connectivity index (χ4n) is 3.11. The first kappa shape index (κ1) is 21.2. The van der Waals surface area contributed by atoms with E-state index < -0.39 is 12.0 Å². The Morgan fingerprint density at radius 2 is 1.77 bits per heavy atom. The Balaban J connectivity index is 1.49. The SMILES string of the molecule is O=C1CCC(NCc2ccccc2C(=O)NCOC(=O)Cc2ccccc2)C(=O)N1.